The van der Waals surface area contributed by atoms with Crippen molar-refractivity contribution in [3.8, 4) is 0 Å². The highest BCUT2D eigenvalue weighted by Gasteiger charge is 2.08. The van der Waals surface area contributed by atoms with E-state index in [-0.39, 0.29) is 11.7 Å². The van der Waals surface area contributed by atoms with Crippen molar-refractivity contribution < 1.29 is 9.47 Å². The lowest BCUT2D eigenvalue weighted by molar-refractivity contribution is -0.147. The minimum absolute atomic E-state index is 0.0434. The molecule has 0 aliphatic rings. The fraction of sp³-hybridized carbons (Fsp3) is 1.00. The smallest absolute Gasteiger partial charge is 0.159 e. The highest BCUT2D eigenvalue weighted by atomic mass is 32.1. The van der Waals surface area contributed by atoms with Crippen molar-refractivity contribution in [2.45, 2.75) is 45.3 Å². The average molecular weight is 178 g/mol. The number of rotatable bonds is 6. The summed E-state index contributed by atoms with van der Waals surface area (Å²) in [4.78, 5) is 0. The Morgan fingerprint density at radius 1 is 1.36 bits per heavy atom. The summed E-state index contributed by atoms with van der Waals surface area (Å²) in [6.07, 6.45) is 1.95. The molecule has 2 unspecified atom stereocenters. The van der Waals surface area contributed by atoms with Crippen molar-refractivity contribution in [2.24, 2.45) is 0 Å². The van der Waals surface area contributed by atoms with Gasteiger partial charge in [0.15, 0.2) is 6.29 Å². The van der Waals surface area contributed by atoms with E-state index in [1.165, 1.54) is 0 Å². The van der Waals surface area contributed by atoms with Gasteiger partial charge in [0, 0.05) is 6.61 Å². The molecule has 0 N–H and O–H groups in total. The maximum atomic E-state index is 5.37. The summed E-state index contributed by atoms with van der Waals surface area (Å²) in [6.45, 7) is 6.67. The van der Waals surface area contributed by atoms with Crippen LogP contribution in [-0.4, -0.2) is 18.3 Å². The van der Waals surface area contributed by atoms with E-state index in [2.05, 4.69) is 19.6 Å². The molecule has 0 heterocycles. The zero-order valence-electron chi connectivity index (χ0n) is 7.54. The van der Waals surface area contributed by atoms with Gasteiger partial charge in [-0.25, -0.2) is 0 Å². The predicted molar refractivity (Wildman–Crippen MR) is 49.9 cm³/mol. The third-order valence-electron chi connectivity index (χ3n) is 1.23. The summed E-state index contributed by atoms with van der Waals surface area (Å²) >= 11 is 4.12. The van der Waals surface area contributed by atoms with Crippen molar-refractivity contribution in [2.75, 3.05) is 6.61 Å². The van der Waals surface area contributed by atoms with E-state index in [1.54, 1.807) is 0 Å². The van der Waals surface area contributed by atoms with Crippen LogP contribution in [0.2, 0.25) is 0 Å². The Bertz CT molecular complexity index is 80.2. The van der Waals surface area contributed by atoms with Crippen LogP contribution in [0.1, 0.15) is 33.6 Å². The van der Waals surface area contributed by atoms with Crippen molar-refractivity contribution >= 4 is 12.6 Å². The molecule has 0 aromatic heterocycles. The third-order valence-corrected chi connectivity index (χ3v) is 1.35. The Morgan fingerprint density at radius 3 is 2.36 bits per heavy atom. The van der Waals surface area contributed by atoms with Gasteiger partial charge in [-0.1, -0.05) is 13.3 Å². The first-order valence-electron chi connectivity index (χ1n) is 4.15. The average Bonchev–Trinajstić information content (AvgIpc) is 1.87. The topological polar surface area (TPSA) is 18.5 Å². The molecule has 0 radical (unpaired) electrons. The SMILES string of the molecule is CCCC(OCC)OC(C)S. The molecule has 0 amide bonds. The van der Waals surface area contributed by atoms with Gasteiger partial charge in [0.2, 0.25) is 0 Å². The van der Waals surface area contributed by atoms with E-state index in [4.69, 9.17) is 9.47 Å². The van der Waals surface area contributed by atoms with E-state index in [9.17, 15) is 0 Å². The molecule has 0 aliphatic heterocycles. The summed E-state index contributed by atoms with van der Waals surface area (Å²) in [5.41, 5.74) is -0.0434. The summed E-state index contributed by atoms with van der Waals surface area (Å²) in [5.74, 6) is 0. The Balaban J connectivity index is 3.50. The predicted octanol–water partition coefficient (Wildman–Crippen LogP) is 2.44. The van der Waals surface area contributed by atoms with Gasteiger partial charge in [-0.2, -0.15) is 0 Å². The Labute approximate surface area is 74.7 Å². The van der Waals surface area contributed by atoms with E-state index < -0.39 is 0 Å². The van der Waals surface area contributed by atoms with E-state index in [0.717, 1.165) is 12.8 Å². The first-order valence-corrected chi connectivity index (χ1v) is 4.67. The first-order chi connectivity index (χ1) is 5.20. The fourth-order valence-electron chi connectivity index (χ4n) is 0.832. The zero-order chi connectivity index (χ0) is 8.69. The van der Waals surface area contributed by atoms with Crippen molar-refractivity contribution in [1.82, 2.24) is 0 Å². The molecule has 0 spiro atoms. The molecule has 0 aromatic carbocycles. The lowest BCUT2D eigenvalue weighted by atomic mass is 10.3. The van der Waals surface area contributed by atoms with Gasteiger partial charge < -0.3 is 9.47 Å². The molecule has 0 bridgehead atoms. The fourth-order valence-corrected chi connectivity index (χ4v) is 0.968. The molecule has 0 aliphatic carbocycles. The second-order valence-electron chi connectivity index (χ2n) is 2.41. The second kappa shape index (κ2) is 6.95. The quantitative estimate of drug-likeness (QED) is 0.497. The van der Waals surface area contributed by atoms with Crippen molar-refractivity contribution in [3.05, 3.63) is 0 Å². The van der Waals surface area contributed by atoms with Gasteiger partial charge in [0.25, 0.3) is 0 Å². The highest BCUT2D eigenvalue weighted by Crippen LogP contribution is 2.08. The number of hydrogen-bond acceptors (Lipinski definition) is 3. The number of hydrogen-bond donors (Lipinski definition) is 1. The van der Waals surface area contributed by atoms with Crippen LogP contribution in [0.15, 0.2) is 0 Å². The third kappa shape index (κ3) is 6.66. The monoisotopic (exact) mass is 178 g/mol. The van der Waals surface area contributed by atoms with E-state index in [0.29, 0.717) is 6.61 Å². The molecule has 0 saturated heterocycles. The van der Waals surface area contributed by atoms with Crippen LogP contribution in [0, 0.1) is 0 Å². The Hall–Kier alpha value is 0.270. The number of ether oxygens (including phenoxy) is 2. The molecule has 2 atom stereocenters. The van der Waals surface area contributed by atoms with E-state index in [1.807, 2.05) is 13.8 Å². The molecule has 3 heteroatoms. The minimum atomic E-state index is -0.0718. The Kier molecular flexibility index (Phi) is 7.12. The molecule has 11 heavy (non-hydrogen) atoms. The maximum absolute atomic E-state index is 5.37. The van der Waals surface area contributed by atoms with Gasteiger partial charge in [0.1, 0.15) is 5.44 Å². The van der Waals surface area contributed by atoms with Gasteiger partial charge in [-0.05, 0) is 20.3 Å². The minimum Gasteiger partial charge on any atom is -0.353 e. The van der Waals surface area contributed by atoms with Crippen LogP contribution < -0.4 is 0 Å². The molecule has 68 valence electrons. The summed E-state index contributed by atoms with van der Waals surface area (Å²) in [6, 6.07) is 0. The zero-order valence-corrected chi connectivity index (χ0v) is 8.43. The van der Waals surface area contributed by atoms with Gasteiger partial charge in [-0.3, -0.25) is 0 Å². The van der Waals surface area contributed by atoms with Crippen molar-refractivity contribution in [1.29, 1.82) is 0 Å². The highest BCUT2D eigenvalue weighted by molar-refractivity contribution is 7.80. The lowest BCUT2D eigenvalue weighted by Gasteiger charge is -2.18. The van der Waals surface area contributed by atoms with Crippen LogP contribution >= 0.6 is 12.6 Å². The summed E-state index contributed by atoms with van der Waals surface area (Å²) < 4.78 is 10.7. The number of thiol groups is 1. The van der Waals surface area contributed by atoms with Gasteiger partial charge >= 0.3 is 0 Å². The van der Waals surface area contributed by atoms with Crippen LogP contribution in [0.3, 0.4) is 0 Å². The molecule has 0 aromatic rings. The molecular weight excluding hydrogens is 160 g/mol. The normalized spacial score (nSPS) is 16.4. The van der Waals surface area contributed by atoms with Crippen LogP contribution in [-0.2, 0) is 9.47 Å². The summed E-state index contributed by atoms with van der Waals surface area (Å²) in [5, 5.41) is 0. The van der Waals surface area contributed by atoms with Gasteiger partial charge in [-0.15, -0.1) is 12.6 Å². The largest absolute Gasteiger partial charge is 0.353 e. The molecular formula is C8H18O2S. The molecule has 0 rings (SSSR count). The van der Waals surface area contributed by atoms with Crippen LogP contribution in [0.4, 0.5) is 0 Å². The van der Waals surface area contributed by atoms with Gasteiger partial charge in [0.05, 0.1) is 0 Å². The molecule has 0 saturated carbocycles. The van der Waals surface area contributed by atoms with Crippen LogP contribution in [0.25, 0.3) is 0 Å². The second-order valence-corrected chi connectivity index (χ2v) is 3.14. The Morgan fingerprint density at radius 2 is 2.00 bits per heavy atom. The maximum Gasteiger partial charge on any atom is 0.159 e. The van der Waals surface area contributed by atoms with Crippen LogP contribution in [0.5, 0.6) is 0 Å². The van der Waals surface area contributed by atoms with Crippen molar-refractivity contribution in [3.63, 3.8) is 0 Å². The lowest BCUT2D eigenvalue weighted by Crippen LogP contribution is -2.19. The first kappa shape index (κ1) is 11.3. The standard InChI is InChI=1S/C8H18O2S/c1-4-6-8(9-5-2)10-7(3)11/h7-8,11H,4-6H2,1-3H3. The van der Waals surface area contributed by atoms with E-state index >= 15 is 0 Å². The molecule has 2 nitrogen and oxygen atoms in total. The molecule has 0 fully saturated rings. The summed E-state index contributed by atoms with van der Waals surface area (Å²) in [7, 11) is 0.